The summed E-state index contributed by atoms with van der Waals surface area (Å²) in [6, 6.07) is 0. The van der Waals surface area contributed by atoms with Gasteiger partial charge in [0.1, 0.15) is 5.78 Å². The molecule has 4 rings (SSSR count). The fourth-order valence-corrected chi connectivity index (χ4v) is 8.03. The van der Waals surface area contributed by atoms with Crippen LogP contribution in [-0.4, -0.2) is 30.2 Å². The zero-order chi connectivity index (χ0) is 17.8. The van der Waals surface area contributed by atoms with Crippen LogP contribution in [-0.2, 0) is 9.53 Å². The SMILES string of the molecule is COCC1(O)CCC2C(CCC3C2CCC2(C)C(C(C)=O)CCC32)C1. The summed E-state index contributed by atoms with van der Waals surface area (Å²) in [4.78, 5) is 12.2. The molecule has 142 valence electrons. The van der Waals surface area contributed by atoms with Crippen molar-refractivity contribution in [3.63, 3.8) is 0 Å². The molecule has 4 aliphatic carbocycles. The highest BCUT2D eigenvalue weighted by Crippen LogP contribution is 2.64. The highest BCUT2D eigenvalue weighted by molar-refractivity contribution is 5.79. The van der Waals surface area contributed by atoms with Gasteiger partial charge in [-0.05, 0) is 99.7 Å². The van der Waals surface area contributed by atoms with E-state index in [1.165, 1.54) is 38.5 Å². The van der Waals surface area contributed by atoms with Crippen LogP contribution in [0.2, 0.25) is 0 Å². The van der Waals surface area contributed by atoms with E-state index in [0.717, 1.165) is 42.9 Å². The average molecular weight is 349 g/mol. The van der Waals surface area contributed by atoms with E-state index in [1.807, 2.05) is 6.92 Å². The largest absolute Gasteiger partial charge is 0.387 e. The van der Waals surface area contributed by atoms with E-state index in [2.05, 4.69) is 6.92 Å². The topological polar surface area (TPSA) is 46.5 Å². The van der Waals surface area contributed by atoms with Crippen LogP contribution in [0.25, 0.3) is 0 Å². The van der Waals surface area contributed by atoms with Gasteiger partial charge in [0.2, 0.25) is 0 Å². The number of rotatable bonds is 3. The fraction of sp³-hybridized carbons (Fsp3) is 0.955. The van der Waals surface area contributed by atoms with Crippen LogP contribution in [0.15, 0.2) is 0 Å². The second-order valence-electron chi connectivity index (χ2n) is 10.1. The summed E-state index contributed by atoms with van der Waals surface area (Å²) in [6.07, 6.45) is 10.6. The molecule has 0 aromatic heterocycles. The van der Waals surface area contributed by atoms with Crippen molar-refractivity contribution in [3.05, 3.63) is 0 Å². The fourth-order valence-electron chi connectivity index (χ4n) is 8.03. The highest BCUT2D eigenvalue weighted by Gasteiger charge is 2.58. The number of methoxy groups -OCH3 is 1. The molecule has 0 amide bonds. The first-order valence-electron chi connectivity index (χ1n) is 10.6. The van der Waals surface area contributed by atoms with E-state index < -0.39 is 5.60 Å². The monoisotopic (exact) mass is 348 g/mol. The molecule has 4 fully saturated rings. The maximum Gasteiger partial charge on any atom is 0.133 e. The van der Waals surface area contributed by atoms with Crippen LogP contribution < -0.4 is 0 Å². The molecule has 8 unspecified atom stereocenters. The third kappa shape index (κ3) is 2.81. The highest BCUT2D eigenvalue weighted by atomic mass is 16.5. The molecule has 0 bridgehead atoms. The van der Waals surface area contributed by atoms with Gasteiger partial charge in [-0.2, -0.15) is 0 Å². The Bertz CT molecular complexity index is 531. The molecule has 0 spiro atoms. The predicted molar refractivity (Wildman–Crippen MR) is 98.1 cm³/mol. The van der Waals surface area contributed by atoms with Crippen molar-refractivity contribution < 1.29 is 14.6 Å². The van der Waals surface area contributed by atoms with E-state index in [-0.39, 0.29) is 5.41 Å². The van der Waals surface area contributed by atoms with Crippen LogP contribution in [0.5, 0.6) is 0 Å². The molecule has 1 N–H and O–H groups in total. The van der Waals surface area contributed by atoms with Gasteiger partial charge in [0.05, 0.1) is 12.2 Å². The Morgan fingerprint density at radius 1 is 1.04 bits per heavy atom. The lowest BCUT2D eigenvalue weighted by molar-refractivity contribution is -0.134. The summed E-state index contributed by atoms with van der Waals surface area (Å²) in [6.45, 7) is 4.74. The van der Waals surface area contributed by atoms with Crippen molar-refractivity contribution in [1.82, 2.24) is 0 Å². The molecule has 0 aromatic rings. The summed E-state index contributed by atoms with van der Waals surface area (Å²) < 4.78 is 5.29. The van der Waals surface area contributed by atoms with Gasteiger partial charge in [-0.1, -0.05) is 6.92 Å². The minimum absolute atomic E-state index is 0.269. The Hall–Kier alpha value is -0.410. The Morgan fingerprint density at radius 2 is 1.80 bits per heavy atom. The Balaban J connectivity index is 1.51. The first-order chi connectivity index (χ1) is 11.9. The number of hydrogen-bond donors (Lipinski definition) is 1. The van der Waals surface area contributed by atoms with Gasteiger partial charge in [-0.3, -0.25) is 4.79 Å². The number of Topliss-reactive ketones (excluding diaryl/α,β-unsaturated/α-hetero) is 1. The van der Waals surface area contributed by atoms with Crippen molar-refractivity contribution in [2.45, 2.75) is 77.2 Å². The first kappa shape index (κ1) is 18.0. The van der Waals surface area contributed by atoms with E-state index in [4.69, 9.17) is 4.74 Å². The molecular formula is C22H36O3. The molecule has 0 heterocycles. The average Bonchev–Trinajstić information content (AvgIpc) is 2.91. The van der Waals surface area contributed by atoms with Crippen LogP contribution in [0.3, 0.4) is 0 Å². The Morgan fingerprint density at radius 3 is 2.52 bits per heavy atom. The normalized spacial score (nSPS) is 52.2. The van der Waals surface area contributed by atoms with Crippen LogP contribution in [0.4, 0.5) is 0 Å². The molecule has 25 heavy (non-hydrogen) atoms. The van der Waals surface area contributed by atoms with Crippen LogP contribution in [0, 0.1) is 40.9 Å². The molecule has 3 heteroatoms. The van der Waals surface area contributed by atoms with Crippen molar-refractivity contribution in [1.29, 1.82) is 0 Å². The van der Waals surface area contributed by atoms with Gasteiger partial charge < -0.3 is 9.84 Å². The Labute approximate surface area is 152 Å². The van der Waals surface area contributed by atoms with Crippen molar-refractivity contribution in [2.24, 2.45) is 40.9 Å². The summed E-state index contributed by atoms with van der Waals surface area (Å²) in [5, 5.41) is 10.8. The minimum Gasteiger partial charge on any atom is -0.387 e. The standard InChI is InChI=1S/C22H36O3/c1-14(23)19-6-7-20-18-5-4-15-12-22(24,13-25-3)11-9-16(15)17(18)8-10-21(19,20)2/h15-20,24H,4-13H2,1-3H3. The molecule has 0 aromatic carbocycles. The maximum atomic E-state index is 12.2. The lowest BCUT2D eigenvalue weighted by Gasteiger charge is -2.57. The third-order valence-corrected chi connectivity index (χ3v) is 9.01. The molecule has 4 aliphatic rings. The summed E-state index contributed by atoms with van der Waals surface area (Å²) in [7, 11) is 1.70. The van der Waals surface area contributed by atoms with Crippen molar-refractivity contribution in [2.75, 3.05) is 13.7 Å². The number of carbonyl (C=O) groups excluding carboxylic acids is 1. The number of fused-ring (bicyclic) bond motifs is 5. The quantitative estimate of drug-likeness (QED) is 0.830. The number of aliphatic hydroxyl groups is 1. The number of hydrogen-bond acceptors (Lipinski definition) is 3. The van der Waals surface area contributed by atoms with Gasteiger partial charge in [0.25, 0.3) is 0 Å². The number of ether oxygens (including phenoxy) is 1. The maximum absolute atomic E-state index is 12.2. The summed E-state index contributed by atoms with van der Waals surface area (Å²) in [5.74, 6) is 4.67. The van der Waals surface area contributed by atoms with Crippen LogP contribution >= 0.6 is 0 Å². The first-order valence-corrected chi connectivity index (χ1v) is 10.6. The second kappa shape index (κ2) is 6.34. The van der Waals surface area contributed by atoms with Gasteiger partial charge in [-0.25, -0.2) is 0 Å². The summed E-state index contributed by atoms with van der Waals surface area (Å²) in [5.41, 5.74) is -0.315. The zero-order valence-electron chi connectivity index (χ0n) is 16.3. The summed E-state index contributed by atoms with van der Waals surface area (Å²) >= 11 is 0. The lowest BCUT2D eigenvalue weighted by atomic mass is 9.49. The zero-order valence-corrected chi connectivity index (χ0v) is 16.3. The minimum atomic E-state index is -0.584. The molecule has 0 aliphatic heterocycles. The smallest absolute Gasteiger partial charge is 0.133 e. The number of ketones is 1. The molecule has 0 saturated heterocycles. The van der Waals surface area contributed by atoms with Gasteiger partial charge in [0.15, 0.2) is 0 Å². The third-order valence-electron chi connectivity index (χ3n) is 9.01. The molecule has 0 radical (unpaired) electrons. The van der Waals surface area contributed by atoms with E-state index >= 15 is 0 Å². The van der Waals surface area contributed by atoms with E-state index in [9.17, 15) is 9.90 Å². The predicted octanol–water partition coefficient (Wildman–Crippen LogP) is 4.22. The molecular weight excluding hydrogens is 312 g/mol. The van der Waals surface area contributed by atoms with Gasteiger partial charge >= 0.3 is 0 Å². The van der Waals surface area contributed by atoms with E-state index in [0.29, 0.717) is 24.2 Å². The second-order valence-corrected chi connectivity index (χ2v) is 10.1. The van der Waals surface area contributed by atoms with Gasteiger partial charge in [0, 0.05) is 13.0 Å². The van der Waals surface area contributed by atoms with Crippen molar-refractivity contribution in [3.8, 4) is 0 Å². The van der Waals surface area contributed by atoms with Crippen molar-refractivity contribution >= 4 is 5.78 Å². The van der Waals surface area contributed by atoms with Crippen LogP contribution in [0.1, 0.15) is 71.6 Å². The Kier molecular flexibility index (Phi) is 4.56. The van der Waals surface area contributed by atoms with Gasteiger partial charge in [-0.15, -0.1) is 0 Å². The molecule has 3 nitrogen and oxygen atoms in total. The van der Waals surface area contributed by atoms with E-state index in [1.54, 1.807) is 7.11 Å². The lowest BCUT2D eigenvalue weighted by Crippen LogP contribution is -2.52. The molecule has 4 saturated carbocycles. The number of carbonyl (C=O) groups is 1. The molecule has 8 atom stereocenters.